The number of benzene rings is 1. The van der Waals surface area contributed by atoms with E-state index >= 15 is 0 Å². The molecule has 0 heterocycles. The standard InChI is InChI=1S/C14H24N2O/c1-15(2)10-8-12-6-5-7-13(14(12)17)9-11-16(3)4/h5-7,17H,8-11H2,1-4H3. The molecule has 0 aliphatic carbocycles. The van der Waals surface area contributed by atoms with E-state index in [1.165, 1.54) is 0 Å². The fraction of sp³-hybridized carbons (Fsp3) is 0.571. The molecule has 1 N–H and O–H groups in total. The summed E-state index contributed by atoms with van der Waals surface area (Å²) in [5.74, 6) is 0.483. The van der Waals surface area contributed by atoms with Gasteiger partial charge in [-0.15, -0.1) is 0 Å². The number of hydrogen-bond acceptors (Lipinski definition) is 3. The Morgan fingerprint density at radius 3 is 1.65 bits per heavy atom. The molecule has 0 aromatic heterocycles. The third-order valence-electron chi connectivity index (χ3n) is 2.86. The highest BCUT2D eigenvalue weighted by Crippen LogP contribution is 2.23. The van der Waals surface area contributed by atoms with Crippen LogP contribution in [0.3, 0.4) is 0 Å². The van der Waals surface area contributed by atoms with E-state index in [0.717, 1.165) is 37.1 Å². The molecule has 0 amide bonds. The first-order valence-electron chi connectivity index (χ1n) is 6.10. The summed E-state index contributed by atoms with van der Waals surface area (Å²) in [5.41, 5.74) is 2.10. The molecular weight excluding hydrogens is 212 g/mol. The molecule has 0 atom stereocenters. The van der Waals surface area contributed by atoms with E-state index in [0.29, 0.717) is 5.75 Å². The fourth-order valence-electron chi connectivity index (χ4n) is 1.74. The molecular formula is C14H24N2O. The van der Waals surface area contributed by atoms with Crippen molar-refractivity contribution >= 4 is 0 Å². The largest absolute Gasteiger partial charge is 0.507 e. The van der Waals surface area contributed by atoms with Crippen molar-refractivity contribution in [3.05, 3.63) is 29.3 Å². The first-order valence-corrected chi connectivity index (χ1v) is 6.10. The van der Waals surface area contributed by atoms with E-state index < -0.39 is 0 Å². The van der Waals surface area contributed by atoms with Gasteiger partial charge in [0.15, 0.2) is 0 Å². The third-order valence-corrected chi connectivity index (χ3v) is 2.86. The summed E-state index contributed by atoms with van der Waals surface area (Å²) < 4.78 is 0. The van der Waals surface area contributed by atoms with Gasteiger partial charge in [0.2, 0.25) is 0 Å². The number of phenolic OH excluding ortho intramolecular Hbond substituents is 1. The number of aromatic hydroxyl groups is 1. The average molecular weight is 236 g/mol. The zero-order valence-corrected chi connectivity index (χ0v) is 11.4. The lowest BCUT2D eigenvalue weighted by molar-refractivity contribution is 0.397. The van der Waals surface area contributed by atoms with Gasteiger partial charge in [-0.1, -0.05) is 18.2 Å². The van der Waals surface area contributed by atoms with Crippen molar-refractivity contribution in [2.45, 2.75) is 12.8 Å². The van der Waals surface area contributed by atoms with E-state index in [4.69, 9.17) is 0 Å². The molecule has 0 aliphatic heterocycles. The molecule has 0 saturated heterocycles. The minimum atomic E-state index is 0.483. The maximum Gasteiger partial charge on any atom is 0.122 e. The van der Waals surface area contributed by atoms with E-state index in [1.807, 2.05) is 46.4 Å². The van der Waals surface area contributed by atoms with E-state index in [1.54, 1.807) is 0 Å². The van der Waals surface area contributed by atoms with Crippen LogP contribution in [0.4, 0.5) is 0 Å². The van der Waals surface area contributed by atoms with Gasteiger partial charge in [0.05, 0.1) is 0 Å². The molecule has 3 heteroatoms. The SMILES string of the molecule is CN(C)CCc1cccc(CCN(C)C)c1O. The second kappa shape index (κ2) is 6.62. The third kappa shape index (κ3) is 4.75. The smallest absolute Gasteiger partial charge is 0.122 e. The van der Waals surface area contributed by atoms with Crippen LogP contribution in [-0.2, 0) is 12.8 Å². The molecule has 1 rings (SSSR count). The summed E-state index contributed by atoms with van der Waals surface area (Å²) in [5, 5.41) is 10.2. The highest BCUT2D eigenvalue weighted by atomic mass is 16.3. The average Bonchev–Trinajstić information content (AvgIpc) is 2.25. The second-order valence-corrected chi connectivity index (χ2v) is 5.03. The van der Waals surface area contributed by atoms with Crippen LogP contribution in [0.25, 0.3) is 0 Å². The van der Waals surface area contributed by atoms with E-state index in [2.05, 4.69) is 9.80 Å². The first kappa shape index (κ1) is 14.0. The van der Waals surface area contributed by atoms with Crippen LogP contribution in [0.15, 0.2) is 18.2 Å². The Kier molecular flexibility index (Phi) is 5.45. The highest BCUT2D eigenvalue weighted by molar-refractivity contribution is 5.40. The lowest BCUT2D eigenvalue weighted by atomic mass is 10.0. The van der Waals surface area contributed by atoms with Gasteiger partial charge in [0.1, 0.15) is 5.75 Å². The minimum Gasteiger partial charge on any atom is -0.507 e. The quantitative estimate of drug-likeness (QED) is 0.813. The lowest BCUT2D eigenvalue weighted by Crippen LogP contribution is -2.16. The zero-order valence-electron chi connectivity index (χ0n) is 11.4. The Bertz CT molecular complexity index is 318. The highest BCUT2D eigenvalue weighted by Gasteiger charge is 2.07. The molecule has 0 spiro atoms. The van der Waals surface area contributed by atoms with Gasteiger partial charge in [0, 0.05) is 13.1 Å². The predicted molar refractivity (Wildman–Crippen MR) is 72.6 cm³/mol. The normalized spacial score (nSPS) is 11.4. The second-order valence-electron chi connectivity index (χ2n) is 5.03. The Morgan fingerprint density at radius 1 is 0.882 bits per heavy atom. The molecule has 3 nitrogen and oxygen atoms in total. The molecule has 0 fully saturated rings. The molecule has 0 aliphatic rings. The molecule has 0 saturated carbocycles. The van der Waals surface area contributed by atoms with Gasteiger partial charge < -0.3 is 14.9 Å². The Labute approximate surface area is 105 Å². The summed E-state index contributed by atoms with van der Waals surface area (Å²) in [6.07, 6.45) is 1.79. The number of phenols is 1. The summed E-state index contributed by atoms with van der Waals surface area (Å²) in [4.78, 5) is 4.26. The van der Waals surface area contributed by atoms with Crippen molar-refractivity contribution < 1.29 is 5.11 Å². The van der Waals surface area contributed by atoms with Gasteiger partial charge in [-0.2, -0.15) is 0 Å². The first-order chi connectivity index (χ1) is 8.00. The summed E-state index contributed by atoms with van der Waals surface area (Å²) in [7, 11) is 8.19. The number of rotatable bonds is 6. The number of nitrogens with zero attached hydrogens (tertiary/aromatic N) is 2. The molecule has 96 valence electrons. The Hall–Kier alpha value is -1.06. The van der Waals surface area contributed by atoms with Crippen molar-refractivity contribution in [3.63, 3.8) is 0 Å². The Morgan fingerprint density at radius 2 is 1.29 bits per heavy atom. The summed E-state index contributed by atoms with van der Waals surface area (Å²) in [6.45, 7) is 1.93. The van der Waals surface area contributed by atoms with Crippen LogP contribution < -0.4 is 0 Å². The van der Waals surface area contributed by atoms with Gasteiger partial charge in [-0.3, -0.25) is 0 Å². The van der Waals surface area contributed by atoms with Gasteiger partial charge in [-0.05, 0) is 52.2 Å². The number of para-hydroxylation sites is 1. The van der Waals surface area contributed by atoms with Crippen molar-refractivity contribution in [2.75, 3.05) is 41.3 Å². The van der Waals surface area contributed by atoms with Gasteiger partial charge >= 0.3 is 0 Å². The van der Waals surface area contributed by atoms with Crippen molar-refractivity contribution in [3.8, 4) is 5.75 Å². The zero-order chi connectivity index (χ0) is 12.8. The summed E-state index contributed by atoms with van der Waals surface area (Å²) in [6, 6.07) is 6.06. The van der Waals surface area contributed by atoms with E-state index in [-0.39, 0.29) is 0 Å². The molecule has 17 heavy (non-hydrogen) atoms. The predicted octanol–water partition coefficient (Wildman–Crippen LogP) is 1.60. The van der Waals surface area contributed by atoms with Crippen LogP contribution >= 0.6 is 0 Å². The van der Waals surface area contributed by atoms with Gasteiger partial charge in [0.25, 0.3) is 0 Å². The maximum absolute atomic E-state index is 10.2. The number of likely N-dealkylation sites (N-methyl/N-ethyl adjacent to an activating group) is 2. The van der Waals surface area contributed by atoms with Crippen LogP contribution in [0.1, 0.15) is 11.1 Å². The molecule has 1 aromatic rings. The van der Waals surface area contributed by atoms with E-state index in [9.17, 15) is 5.11 Å². The lowest BCUT2D eigenvalue weighted by Gasteiger charge is -2.14. The Balaban J connectivity index is 2.69. The molecule has 0 bridgehead atoms. The monoisotopic (exact) mass is 236 g/mol. The topological polar surface area (TPSA) is 26.7 Å². The van der Waals surface area contributed by atoms with Gasteiger partial charge in [-0.25, -0.2) is 0 Å². The fourth-order valence-corrected chi connectivity index (χ4v) is 1.74. The van der Waals surface area contributed by atoms with Crippen molar-refractivity contribution in [2.24, 2.45) is 0 Å². The maximum atomic E-state index is 10.2. The van der Waals surface area contributed by atoms with Crippen LogP contribution in [0, 0.1) is 0 Å². The van der Waals surface area contributed by atoms with Crippen molar-refractivity contribution in [1.29, 1.82) is 0 Å². The van der Waals surface area contributed by atoms with Crippen LogP contribution in [0.2, 0.25) is 0 Å². The summed E-state index contributed by atoms with van der Waals surface area (Å²) >= 11 is 0. The molecule has 1 aromatic carbocycles. The number of hydrogen-bond donors (Lipinski definition) is 1. The minimum absolute atomic E-state index is 0.483. The van der Waals surface area contributed by atoms with Crippen LogP contribution in [-0.4, -0.2) is 56.2 Å². The molecule has 0 radical (unpaired) electrons. The molecule has 0 unspecified atom stereocenters. The van der Waals surface area contributed by atoms with Crippen LogP contribution in [0.5, 0.6) is 5.75 Å². The van der Waals surface area contributed by atoms with Crippen molar-refractivity contribution in [1.82, 2.24) is 9.80 Å².